The van der Waals surface area contributed by atoms with Gasteiger partial charge in [-0.05, 0) is 129 Å². The normalized spacial score (nSPS) is 16.3. The molecule has 0 aliphatic heterocycles. The Labute approximate surface area is 295 Å². The van der Waals surface area contributed by atoms with Crippen LogP contribution in [0.3, 0.4) is 0 Å². The van der Waals surface area contributed by atoms with E-state index in [0.29, 0.717) is 0 Å². The molecule has 0 radical (unpaired) electrons. The quantitative estimate of drug-likeness (QED) is 0.0970. The van der Waals surface area contributed by atoms with Gasteiger partial charge in [-0.3, -0.25) is 0 Å². The van der Waals surface area contributed by atoms with Gasteiger partial charge in [0.15, 0.2) is 33.3 Å². The van der Waals surface area contributed by atoms with Gasteiger partial charge in [-0.1, -0.05) is 75.8 Å². The molecule has 0 fully saturated rings. The van der Waals surface area contributed by atoms with Gasteiger partial charge in [0.1, 0.15) is 0 Å². The standard InChI is InChI=1S/C17H44O3Si4.C15H32O3Si4/c1-11-12-13-14-15-16-17-24(10,19-22(5,6)7)20-23(8,9)18-21(2,3)4;1-19(2,3)16-21(7,8)18-22(9,17-20(4,5)6)15-13-11-10-12-14-15/h11-17H2,1-10H3;10-14H,1-9H3. The molecule has 0 aliphatic rings. The van der Waals surface area contributed by atoms with Gasteiger partial charge in [0.2, 0.25) is 0 Å². The zero-order valence-corrected chi connectivity index (χ0v) is 41.8. The van der Waals surface area contributed by atoms with Gasteiger partial charge in [-0.15, -0.1) is 0 Å². The summed E-state index contributed by atoms with van der Waals surface area (Å²) in [6, 6.07) is 11.5. The van der Waals surface area contributed by atoms with Crippen LogP contribution < -0.4 is 5.19 Å². The van der Waals surface area contributed by atoms with E-state index >= 15 is 0 Å². The molecule has 272 valence electrons. The van der Waals surface area contributed by atoms with Crippen LogP contribution in [-0.2, 0) is 24.7 Å². The van der Waals surface area contributed by atoms with E-state index in [-0.39, 0.29) is 0 Å². The molecule has 0 aromatic heterocycles. The minimum absolute atomic E-state index is 1.11. The summed E-state index contributed by atoms with van der Waals surface area (Å²) in [6.45, 7) is 42.3. The van der Waals surface area contributed by atoms with Gasteiger partial charge in [0, 0.05) is 0 Å². The molecular formula is C32H76O6Si8. The molecule has 46 heavy (non-hydrogen) atoms. The Hall–Kier alpha value is 0.715. The van der Waals surface area contributed by atoms with Gasteiger partial charge in [0.25, 0.3) is 0 Å². The highest BCUT2D eigenvalue weighted by Gasteiger charge is 2.46. The van der Waals surface area contributed by atoms with E-state index in [1.54, 1.807) is 0 Å². The van der Waals surface area contributed by atoms with Gasteiger partial charge in [-0.25, -0.2) is 0 Å². The van der Waals surface area contributed by atoms with Crippen LogP contribution in [-0.4, -0.2) is 67.5 Å². The average Bonchev–Trinajstić information content (AvgIpc) is 2.75. The average molecular weight is 782 g/mol. The second-order valence-electron chi connectivity index (χ2n) is 17.8. The minimum atomic E-state index is -2.48. The highest BCUT2D eigenvalue weighted by molar-refractivity contribution is 6.95. The molecule has 0 heterocycles. The van der Waals surface area contributed by atoms with E-state index in [1.165, 1.54) is 43.7 Å². The molecule has 2 atom stereocenters. The Morgan fingerprint density at radius 3 is 1.22 bits per heavy atom. The monoisotopic (exact) mass is 780 g/mol. The lowest BCUT2D eigenvalue weighted by molar-refractivity contribution is 0.321. The van der Waals surface area contributed by atoms with Crippen molar-refractivity contribution in [1.29, 1.82) is 0 Å². The number of hydrogen-bond donors (Lipinski definition) is 0. The molecule has 0 N–H and O–H groups in total. The SMILES string of the molecule is CCCCCCCC[Si](C)(O[Si](C)(C)C)O[Si](C)(C)O[Si](C)(C)C.C[Si](C)(C)O[Si](C)(C)O[Si](C)(O[Si](C)(C)C)c1ccccc1. The van der Waals surface area contributed by atoms with Gasteiger partial charge < -0.3 is 24.7 Å². The molecule has 0 aliphatic carbocycles. The minimum Gasteiger partial charge on any atom is -0.437 e. The Morgan fingerprint density at radius 2 is 0.804 bits per heavy atom. The zero-order valence-electron chi connectivity index (χ0n) is 33.8. The third-order valence-electron chi connectivity index (χ3n) is 6.31. The van der Waals surface area contributed by atoms with Crippen molar-refractivity contribution in [2.75, 3.05) is 0 Å². The fourth-order valence-electron chi connectivity index (χ4n) is 5.97. The van der Waals surface area contributed by atoms with E-state index in [9.17, 15) is 0 Å². The van der Waals surface area contributed by atoms with Gasteiger partial charge >= 0.3 is 34.2 Å². The molecule has 2 unspecified atom stereocenters. The Balaban J connectivity index is 0.000000883. The van der Waals surface area contributed by atoms with Crippen molar-refractivity contribution >= 4 is 72.7 Å². The van der Waals surface area contributed by atoms with Crippen LogP contribution >= 0.6 is 0 Å². The summed E-state index contributed by atoms with van der Waals surface area (Å²) in [5, 5.41) is 1.19. The smallest absolute Gasteiger partial charge is 0.350 e. The Morgan fingerprint density at radius 1 is 0.413 bits per heavy atom. The predicted molar refractivity (Wildman–Crippen MR) is 222 cm³/mol. The largest absolute Gasteiger partial charge is 0.437 e. The van der Waals surface area contributed by atoms with E-state index in [2.05, 4.69) is 149 Å². The maximum atomic E-state index is 6.71. The zero-order chi connectivity index (χ0) is 36.3. The van der Waals surface area contributed by atoms with Crippen LogP contribution in [0.15, 0.2) is 30.3 Å². The summed E-state index contributed by atoms with van der Waals surface area (Å²) in [4.78, 5) is 0. The maximum absolute atomic E-state index is 6.71. The third kappa shape index (κ3) is 24.0. The first-order valence-electron chi connectivity index (χ1n) is 17.7. The summed E-state index contributed by atoms with van der Waals surface area (Å²) < 4.78 is 39.4. The summed E-state index contributed by atoms with van der Waals surface area (Å²) in [5.74, 6) is 0. The lowest BCUT2D eigenvalue weighted by atomic mass is 10.1. The Kier molecular flexibility index (Phi) is 19.1. The van der Waals surface area contributed by atoms with Crippen LogP contribution in [0.4, 0.5) is 0 Å². The highest BCUT2D eigenvalue weighted by Crippen LogP contribution is 2.29. The molecule has 1 rings (SSSR count). The van der Waals surface area contributed by atoms with Crippen molar-refractivity contribution in [3.05, 3.63) is 30.3 Å². The molecule has 1 aromatic carbocycles. The van der Waals surface area contributed by atoms with Gasteiger partial charge in [-0.2, -0.15) is 0 Å². The summed E-state index contributed by atoms with van der Waals surface area (Å²) in [5.41, 5.74) is 0. The van der Waals surface area contributed by atoms with E-state index in [1.807, 2.05) is 6.07 Å². The summed E-state index contributed by atoms with van der Waals surface area (Å²) in [7, 11) is -15.6. The third-order valence-corrected chi connectivity index (χ3v) is 33.2. The number of hydrogen-bond acceptors (Lipinski definition) is 6. The second-order valence-corrected chi connectivity index (χ2v) is 50.5. The summed E-state index contributed by atoms with van der Waals surface area (Å²) >= 11 is 0. The molecule has 0 saturated heterocycles. The van der Waals surface area contributed by atoms with Gasteiger partial charge in [0.05, 0.1) is 0 Å². The maximum Gasteiger partial charge on any atom is 0.350 e. The first kappa shape index (κ1) is 46.7. The first-order valence-corrected chi connectivity index (χ1v) is 41.8. The topological polar surface area (TPSA) is 55.4 Å². The van der Waals surface area contributed by atoms with Crippen molar-refractivity contribution in [2.45, 2.75) is 169 Å². The van der Waals surface area contributed by atoms with Crippen molar-refractivity contribution in [1.82, 2.24) is 0 Å². The molecule has 0 spiro atoms. The van der Waals surface area contributed by atoms with E-state index < -0.39 is 67.5 Å². The number of benzene rings is 1. The number of unbranched alkanes of at least 4 members (excludes halogenated alkanes) is 5. The molecule has 1 aromatic rings. The molecule has 0 amide bonds. The first-order chi connectivity index (χ1) is 20.4. The van der Waals surface area contributed by atoms with Crippen LogP contribution in [0.25, 0.3) is 0 Å². The van der Waals surface area contributed by atoms with Crippen LogP contribution in [0.5, 0.6) is 0 Å². The highest BCUT2D eigenvalue weighted by atomic mass is 28.5. The fraction of sp³-hybridized carbons (Fsp3) is 0.812. The number of rotatable bonds is 20. The molecule has 14 heteroatoms. The lowest BCUT2D eigenvalue weighted by Crippen LogP contribution is -2.62. The molecular weight excluding hydrogens is 705 g/mol. The fourth-order valence-corrected chi connectivity index (χ4v) is 41.1. The van der Waals surface area contributed by atoms with Crippen molar-refractivity contribution in [2.24, 2.45) is 0 Å². The van der Waals surface area contributed by atoms with E-state index in [0.717, 1.165) is 6.04 Å². The second kappa shape index (κ2) is 18.8. The van der Waals surface area contributed by atoms with Crippen LogP contribution in [0.1, 0.15) is 45.4 Å². The Bertz CT molecular complexity index is 988. The van der Waals surface area contributed by atoms with Crippen molar-refractivity contribution in [3.63, 3.8) is 0 Å². The predicted octanol–water partition coefficient (Wildman–Crippen LogP) is 11.2. The van der Waals surface area contributed by atoms with Crippen molar-refractivity contribution < 1.29 is 24.7 Å². The summed E-state index contributed by atoms with van der Waals surface area (Å²) in [6.07, 6.45) is 7.91. The van der Waals surface area contributed by atoms with Crippen LogP contribution in [0.2, 0.25) is 124 Å². The lowest BCUT2D eigenvalue weighted by Gasteiger charge is -2.41. The molecule has 6 nitrogen and oxygen atoms in total. The van der Waals surface area contributed by atoms with Crippen molar-refractivity contribution in [3.8, 4) is 0 Å². The molecule has 0 bridgehead atoms. The van der Waals surface area contributed by atoms with E-state index in [4.69, 9.17) is 24.7 Å². The van der Waals surface area contributed by atoms with Crippen LogP contribution in [0, 0.1) is 0 Å². The molecule has 0 saturated carbocycles.